The molecule has 0 saturated heterocycles. The summed E-state index contributed by atoms with van der Waals surface area (Å²) in [7, 11) is 0. The number of nitrogens with zero attached hydrogens (tertiary/aromatic N) is 2. The zero-order valence-corrected chi connectivity index (χ0v) is 9.09. The summed E-state index contributed by atoms with van der Waals surface area (Å²) in [5, 5.41) is -3.61. The third kappa shape index (κ3) is 5.27. The first kappa shape index (κ1) is 20.9. The van der Waals surface area contributed by atoms with Gasteiger partial charge < -0.3 is 0 Å². The number of halogens is 14. The van der Waals surface area contributed by atoms with Crippen LogP contribution >= 0.6 is 0 Å². The number of hydrogen-bond acceptors (Lipinski definition) is 3. The van der Waals surface area contributed by atoms with E-state index in [0.717, 1.165) is 0 Å². The second-order valence-electron chi connectivity index (χ2n) is 3.08. The third-order valence-electron chi connectivity index (χ3n) is 1.43. The van der Waals surface area contributed by atoms with E-state index in [9.17, 15) is 61.5 Å². The Balaban J connectivity index is 5.79. The van der Waals surface area contributed by atoms with Crippen molar-refractivity contribution in [3.63, 3.8) is 0 Å². The van der Waals surface area contributed by atoms with Gasteiger partial charge in [0.15, 0.2) is 0 Å². The van der Waals surface area contributed by atoms with Crippen molar-refractivity contribution in [2.45, 2.75) is 31.4 Å². The van der Waals surface area contributed by atoms with Gasteiger partial charge in [0.1, 0.15) is 0 Å². The SMILES string of the molecule is FC(F)(F)N(OC(F)(F)N(C(F)(F)F)C(F)(F)F)C(F)(F)F. The van der Waals surface area contributed by atoms with Gasteiger partial charge in [-0.3, -0.25) is 0 Å². The smallest absolute Gasteiger partial charge is 0.199 e. The molecule has 3 nitrogen and oxygen atoms in total. The first-order chi connectivity index (χ1) is 9.21. The fourth-order valence-electron chi connectivity index (χ4n) is 0.837. The molecule has 0 aliphatic heterocycles. The minimum Gasteiger partial charge on any atom is -0.199 e. The van der Waals surface area contributed by atoms with E-state index in [1.54, 1.807) is 4.84 Å². The molecule has 0 amide bonds. The molecule has 0 atom stereocenters. The molecular formula is C5F14N2O. The Hall–Kier alpha value is -1.10. The Labute approximate surface area is 109 Å². The summed E-state index contributed by atoms with van der Waals surface area (Å²) in [4.78, 5) is -2.26. The van der Waals surface area contributed by atoms with E-state index in [1.165, 1.54) is 0 Å². The van der Waals surface area contributed by atoms with E-state index in [2.05, 4.69) is 0 Å². The Morgan fingerprint density at radius 2 is 0.727 bits per heavy atom. The third-order valence-corrected chi connectivity index (χ3v) is 1.43. The number of alkyl halides is 14. The van der Waals surface area contributed by atoms with Crippen molar-refractivity contribution in [2.24, 2.45) is 0 Å². The van der Waals surface area contributed by atoms with Crippen LogP contribution < -0.4 is 0 Å². The van der Waals surface area contributed by atoms with Gasteiger partial charge in [0, 0.05) is 5.06 Å². The van der Waals surface area contributed by atoms with Crippen molar-refractivity contribution in [2.75, 3.05) is 0 Å². The van der Waals surface area contributed by atoms with Gasteiger partial charge in [-0.05, 0) is 4.90 Å². The van der Waals surface area contributed by atoms with Crippen LogP contribution in [0.3, 0.4) is 0 Å². The highest BCUT2D eigenvalue weighted by molar-refractivity contribution is 4.68. The van der Waals surface area contributed by atoms with Crippen LogP contribution in [0.4, 0.5) is 61.5 Å². The fraction of sp³-hybridized carbons (Fsp3) is 1.00. The molecule has 0 heterocycles. The van der Waals surface area contributed by atoms with Gasteiger partial charge in [-0.15, -0.1) is 0 Å². The van der Waals surface area contributed by atoms with Crippen LogP contribution in [0.15, 0.2) is 0 Å². The molecule has 134 valence electrons. The van der Waals surface area contributed by atoms with Crippen molar-refractivity contribution < 1.29 is 66.3 Å². The van der Waals surface area contributed by atoms with E-state index in [1.807, 2.05) is 0 Å². The molecule has 0 radical (unpaired) electrons. The van der Waals surface area contributed by atoms with Gasteiger partial charge in [-0.1, -0.05) is 0 Å². The van der Waals surface area contributed by atoms with Crippen LogP contribution in [0.1, 0.15) is 0 Å². The minimum atomic E-state index is -7.11. The molecule has 0 N–H and O–H groups in total. The molecule has 0 spiro atoms. The van der Waals surface area contributed by atoms with Crippen LogP contribution in [0.25, 0.3) is 0 Å². The quantitative estimate of drug-likeness (QED) is 0.321. The summed E-state index contributed by atoms with van der Waals surface area (Å²) < 4.78 is 167. The Bertz CT molecular complexity index is 347. The van der Waals surface area contributed by atoms with Gasteiger partial charge in [0.25, 0.3) is 0 Å². The highest BCUT2D eigenvalue weighted by Gasteiger charge is 2.71. The van der Waals surface area contributed by atoms with Gasteiger partial charge in [0.05, 0.1) is 0 Å². The van der Waals surface area contributed by atoms with Gasteiger partial charge in [-0.2, -0.15) is 66.3 Å². The van der Waals surface area contributed by atoms with E-state index < -0.39 is 41.4 Å². The van der Waals surface area contributed by atoms with Crippen LogP contribution in [0.5, 0.6) is 0 Å². The van der Waals surface area contributed by atoms with Gasteiger partial charge >= 0.3 is 31.4 Å². The molecule has 17 heteroatoms. The van der Waals surface area contributed by atoms with E-state index >= 15 is 0 Å². The first-order valence-corrected chi connectivity index (χ1v) is 4.15. The number of hydrogen-bond donors (Lipinski definition) is 0. The second-order valence-corrected chi connectivity index (χ2v) is 3.08. The number of rotatable bonds is 3. The summed E-state index contributed by atoms with van der Waals surface area (Å²) in [6, 6.07) is 0. The fourth-order valence-corrected chi connectivity index (χ4v) is 0.837. The molecule has 0 saturated carbocycles. The second kappa shape index (κ2) is 5.52. The molecule has 0 aromatic rings. The highest BCUT2D eigenvalue weighted by Crippen LogP contribution is 2.45. The molecule has 0 aliphatic carbocycles. The Morgan fingerprint density at radius 1 is 0.455 bits per heavy atom. The molecule has 0 rings (SSSR count). The molecule has 0 aromatic heterocycles. The molecule has 0 aromatic carbocycles. The first-order valence-electron chi connectivity index (χ1n) is 4.15. The Morgan fingerprint density at radius 3 is 0.909 bits per heavy atom. The zero-order chi connectivity index (χ0) is 18.4. The molecule has 22 heavy (non-hydrogen) atoms. The average molecular weight is 370 g/mol. The molecule has 0 aliphatic rings. The number of hydroxylamine groups is 2. The minimum absolute atomic E-state index is 1.62. The van der Waals surface area contributed by atoms with Crippen molar-refractivity contribution in [3.05, 3.63) is 0 Å². The maximum Gasteiger partial charge on any atom is 0.490 e. The van der Waals surface area contributed by atoms with Crippen molar-refractivity contribution in [1.29, 1.82) is 0 Å². The van der Waals surface area contributed by atoms with Gasteiger partial charge in [-0.25, -0.2) is 0 Å². The average Bonchev–Trinajstić information content (AvgIpc) is 2.03. The molecule has 0 unspecified atom stereocenters. The van der Waals surface area contributed by atoms with Crippen LogP contribution in [-0.4, -0.2) is 41.4 Å². The van der Waals surface area contributed by atoms with E-state index in [0.29, 0.717) is 0 Å². The summed E-state index contributed by atoms with van der Waals surface area (Å²) in [5.74, 6) is 0. The maximum absolute atomic E-state index is 12.6. The molecule has 0 bridgehead atoms. The summed E-state index contributed by atoms with van der Waals surface area (Å²) >= 11 is 0. The topological polar surface area (TPSA) is 15.7 Å². The van der Waals surface area contributed by atoms with Crippen molar-refractivity contribution in [3.8, 4) is 0 Å². The summed E-state index contributed by atoms with van der Waals surface area (Å²) in [6.45, 7) is 0. The molecular weight excluding hydrogens is 370 g/mol. The molecule has 0 fully saturated rings. The zero-order valence-electron chi connectivity index (χ0n) is 9.09. The van der Waals surface area contributed by atoms with Crippen LogP contribution in [0.2, 0.25) is 0 Å². The predicted octanol–water partition coefficient (Wildman–Crippen LogP) is 4.15. The normalized spacial score (nSPS) is 15.8. The lowest BCUT2D eigenvalue weighted by molar-refractivity contribution is -0.587. The largest absolute Gasteiger partial charge is 0.490 e. The van der Waals surface area contributed by atoms with E-state index in [-0.39, 0.29) is 0 Å². The lowest BCUT2D eigenvalue weighted by Gasteiger charge is -2.35. The monoisotopic (exact) mass is 370 g/mol. The lowest BCUT2D eigenvalue weighted by atomic mass is 10.7. The lowest BCUT2D eigenvalue weighted by Crippen LogP contribution is -2.63. The predicted molar refractivity (Wildman–Crippen MR) is 33.9 cm³/mol. The van der Waals surface area contributed by atoms with Crippen LogP contribution in [-0.2, 0) is 4.84 Å². The Kier molecular flexibility index (Phi) is 5.24. The maximum atomic E-state index is 12.6. The van der Waals surface area contributed by atoms with E-state index in [4.69, 9.17) is 0 Å². The van der Waals surface area contributed by atoms with Crippen LogP contribution in [0, 0.1) is 0 Å². The highest BCUT2D eigenvalue weighted by atomic mass is 19.4. The van der Waals surface area contributed by atoms with Crippen molar-refractivity contribution >= 4 is 0 Å². The summed E-state index contributed by atoms with van der Waals surface area (Å²) in [6.07, 6.45) is -35.1. The van der Waals surface area contributed by atoms with Crippen molar-refractivity contribution in [1.82, 2.24) is 9.96 Å². The standard InChI is InChI=1S/C5F14N2O/c6-1(7,8)20(2(9,10)11)5(18,19)22-21(3(12,13)14)4(15,16)17. The summed E-state index contributed by atoms with van der Waals surface area (Å²) in [5.41, 5.74) is 0. The van der Waals surface area contributed by atoms with Gasteiger partial charge in [0.2, 0.25) is 0 Å².